The second-order valence-electron chi connectivity index (χ2n) is 15.1. The standard InChI is InChI=1S/C23H32N2O2S.C18H35N3O4.C2H4O2.C2H6/c1-16(2)9-8-12-22-25-21(15-28-22)23(27)24-20(13-17(3)18(4)26)14-19-10-6-5-7-11-19;1-7-10-14(21(5)6)17(23)20-16(13(4)9-3)18(24)19-12-25-15(22)11-8-2;1-2(3)4;1-2/h5-7,10-11,15-17,20H,8-9,12-14H2,1-4H3,(H,24,27);13-14,16H,7-12H2,1-6H3,(H,19,24)(H,20,23);1H3,(H,3,4);1-2H3/t17-,20?;;;/m0.../s1. The molecule has 4 N–H and O–H groups in total. The Hall–Kier alpha value is -4.17. The fourth-order valence-corrected chi connectivity index (χ4v) is 6.38. The van der Waals surface area contributed by atoms with Crippen LogP contribution in [0.2, 0.25) is 0 Å². The lowest BCUT2D eigenvalue weighted by atomic mass is 9.94. The van der Waals surface area contributed by atoms with Crippen molar-refractivity contribution >= 4 is 46.8 Å². The van der Waals surface area contributed by atoms with E-state index in [1.54, 1.807) is 18.3 Å². The molecule has 0 bridgehead atoms. The fourth-order valence-electron chi connectivity index (χ4n) is 5.56. The minimum Gasteiger partial charge on any atom is -0.481 e. The van der Waals surface area contributed by atoms with Crippen LogP contribution < -0.4 is 16.0 Å². The van der Waals surface area contributed by atoms with Crippen molar-refractivity contribution in [3.8, 4) is 0 Å². The summed E-state index contributed by atoms with van der Waals surface area (Å²) in [5, 5.41) is 18.8. The molecule has 4 unspecified atom stereocenters. The van der Waals surface area contributed by atoms with E-state index >= 15 is 0 Å². The normalized spacial score (nSPS) is 13.0. The Labute approximate surface area is 359 Å². The van der Waals surface area contributed by atoms with Crippen molar-refractivity contribution in [2.75, 3.05) is 20.8 Å². The van der Waals surface area contributed by atoms with Crippen LogP contribution in [0.15, 0.2) is 35.7 Å². The highest BCUT2D eigenvalue weighted by atomic mass is 32.1. The van der Waals surface area contributed by atoms with Gasteiger partial charge in [0.2, 0.25) is 11.8 Å². The molecule has 5 atom stereocenters. The van der Waals surface area contributed by atoms with Gasteiger partial charge in [0.25, 0.3) is 11.9 Å². The van der Waals surface area contributed by atoms with Gasteiger partial charge in [0.15, 0.2) is 6.73 Å². The van der Waals surface area contributed by atoms with Crippen LogP contribution >= 0.6 is 11.3 Å². The summed E-state index contributed by atoms with van der Waals surface area (Å²) >= 11 is 1.55. The molecule has 0 radical (unpaired) electrons. The number of aryl methyl sites for hydroxylation is 1. The van der Waals surface area contributed by atoms with Gasteiger partial charge in [-0.3, -0.25) is 33.7 Å². The number of Topliss-reactive ketones (excluding diaryl/α,β-unsaturated/α-hetero) is 1. The monoisotopic (exact) mass is 848 g/mol. The molecule has 3 amide bonds. The van der Waals surface area contributed by atoms with Crippen LogP contribution in [0.3, 0.4) is 0 Å². The minimum absolute atomic E-state index is 0.0280. The van der Waals surface area contributed by atoms with Crippen molar-refractivity contribution in [1.29, 1.82) is 0 Å². The highest BCUT2D eigenvalue weighted by Crippen LogP contribution is 2.17. The third kappa shape index (κ3) is 27.3. The van der Waals surface area contributed by atoms with Gasteiger partial charge in [-0.15, -0.1) is 11.3 Å². The van der Waals surface area contributed by atoms with Crippen LogP contribution in [0.25, 0.3) is 0 Å². The summed E-state index contributed by atoms with van der Waals surface area (Å²) < 4.78 is 4.95. The smallest absolute Gasteiger partial charge is 0.307 e. The van der Waals surface area contributed by atoms with Crippen LogP contribution in [0, 0.1) is 17.8 Å². The quantitative estimate of drug-likeness (QED) is 0.0634. The molecule has 13 nitrogen and oxygen atoms in total. The second-order valence-corrected chi connectivity index (χ2v) is 16.1. The first-order valence-electron chi connectivity index (χ1n) is 21.3. The molecule has 0 aliphatic heterocycles. The lowest BCUT2D eigenvalue weighted by molar-refractivity contribution is -0.146. The number of hydrogen-bond donors (Lipinski definition) is 4. The molecule has 14 heteroatoms. The van der Waals surface area contributed by atoms with E-state index in [2.05, 4.69) is 34.8 Å². The Morgan fingerprint density at radius 1 is 0.881 bits per heavy atom. The van der Waals surface area contributed by atoms with Crippen LogP contribution in [-0.4, -0.2) is 89.4 Å². The number of ether oxygens (including phenoxy) is 1. The molecule has 1 aromatic carbocycles. The van der Waals surface area contributed by atoms with Crippen LogP contribution in [0.1, 0.15) is 149 Å². The molecule has 0 spiro atoms. The summed E-state index contributed by atoms with van der Waals surface area (Å²) in [6.07, 6.45) is 7.88. The minimum atomic E-state index is -0.833. The number of thiazole rings is 1. The number of aliphatic carboxylic acids is 1. The zero-order valence-corrected chi connectivity index (χ0v) is 39.1. The lowest BCUT2D eigenvalue weighted by Crippen LogP contribution is -2.55. The molecule has 0 aliphatic rings. The highest BCUT2D eigenvalue weighted by molar-refractivity contribution is 7.09. The van der Waals surface area contributed by atoms with E-state index in [-0.39, 0.29) is 60.1 Å². The average Bonchev–Trinajstić information content (AvgIpc) is 3.65. The summed E-state index contributed by atoms with van der Waals surface area (Å²) in [5.41, 5.74) is 1.63. The Balaban J connectivity index is 0. The number of hydrogen-bond acceptors (Lipinski definition) is 10. The Bertz CT molecular complexity index is 1480. The zero-order valence-electron chi connectivity index (χ0n) is 38.3. The molecule has 2 aromatic rings. The number of carbonyl (C=O) groups excluding carboxylic acids is 5. The van der Waals surface area contributed by atoms with E-state index in [9.17, 15) is 24.0 Å². The molecule has 0 saturated carbocycles. The number of nitrogens with one attached hydrogen (secondary N) is 3. The summed E-state index contributed by atoms with van der Waals surface area (Å²) in [6.45, 7) is 20.7. The molecule has 59 heavy (non-hydrogen) atoms. The van der Waals surface area contributed by atoms with Gasteiger partial charge < -0.3 is 25.8 Å². The first-order valence-corrected chi connectivity index (χ1v) is 22.1. The van der Waals surface area contributed by atoms with Crippen molar-refractivity contribution in [1.82, 2.24) is 25.8 Å². The number of ketones is 1. The predicted octanol–water partition coefficient (Wildman–Crippen LogP) is 7.86. The van der Waals surface area contributed by atoms with Gasteiger partial charge in [-0.05, 0) is 76.9 Å². The summed E-state index contributed by atoms with van der Waals surface area (Å²) in [7, 11) is 3.71. The van der Waals surface area contributed by atoms with E-state index < -0.39 is 12.0 Å². The Morgan fingerprint density at radius 2 is 1.49 bits per heavy atom. The maximum atomic E-state index is 12.7. The highest BCUT2D eigenvalue weighted by Gasteiger charge is 2.29. The summed E-state index contributed by atoms with van der Waals surface area (Å²) in [5.74, 6) is -1.10. The summed E-state index contributed by atoms with van der Waals surface area (Å²) in [4.78, 5) is 76.2. The number of nitrogens with zero attached hydrogens (tertiary/aromatic N) is 2. The first kappa shape index (κ1) is 56.9. The van der Waals surface area contributed by atoms with E-state index in [0.717, 1.165) is 49.6 Å². The lowest BCUT2D eigenvalue weighted by Gasteiger charge is -2.28. The number of amides is 3. The Kier molecular flexibility index (Phi) is 32.5. The number of aromatic nitrogens is 1. The van der Waals surface area contributed by atoms with Crippen molar-refractivity contribution in [2.24, 2.45) is 17.8 Å². The van der Waals surface area contributed by atoms with Gasteiger partial charge in [0, 0.05) is 30.7 Å². The van der Waals surface area contributed by atoms with Crippen molar-refractivity contribution < 1.29 is 38.6 Å². The number of likely N-dealkylation sites (N-methyl/N-ethyl adjacent to an activating group) is 1. The molecule has 0 fully saturated rings. The number of carboxylic acids is 1. The molecule has 1 aromatic heterocycles. The maximum Gasteiger partial charge on any atom is 0.307 e. The van der Waals surface area contributed by atoms with E-state index in [1.165, 1.54) is 6.42 Å². The maximum absolute atomic E-state index is 12.7. The number of benzene rings is 1. The Morgan fingerprint density at radius 3 is 2.00 bits per heavy atom. The number of carboxylic acid groups (broad SMARTS) is 1. The van der Waals surface area contributed by atoms with Crippen molar-refractivity contribution in [3.05, 3.63) is 52.0 Å². The summed E-state index contributed by atoms with van der Waals surface area (Å²) in [6, 6.07) is 9.04. The molecule has 2 rings (SSSR count). The van der Waals surface area contributed by atoms with E-state index in [4.69, 9.17) is 14.6 Å². The largest absolute Gasteiger partial charge is 0.481 e. The van der Waals surface area contributed by atoms with Crippen molar-refractivity contribution in [3.63, 3.8) is 0 Å². The van der Waals surface area contributed by atoms with Crippen LogP contribution in [-0.2, 0) is 41.6 Å². The predicted molar refractivity (Wildman–Crippen MR) is 238 cm³/mol. The van der Waals surface area contributed by atoms with E-state index in [1.807, 2.05) is 103 Å². The van der Waals surface area contributed by atoms with Crippen LogP contribution in [0.4, 0.5) is 0 Å². The SMILES string of the molecule is CC.CC(=O)O.CC(=O)[C@@H](C)CC(Cc1ccccc1)NC(=O)c1csc(CCCC(C)C)n1.CCCC(=O)OCNC(=O)C(NC(=O)C(CCC)N(C)C)C(C)CC. The third-order valence-corrected chi connectivity index (χ3v) is 10.1. The van der Waals surface area contributed by atoms with Crippen LogP contribution in [0.5, 0.6) is 0 Å². The molecular weight excluding hydrogens is 771 g/mol. The molecular formula is C45H77N5O8S. The van der Waals surface area contributed by atoms with Gasteiger partial charge in [0.1, 0.15) is 17.5 Å². The average molecular weight is 848 g/mol. The fraction of sp³-hybridized carbons (Fsp3) is 0.667. The van der Waals surface area contributed by atoms with Gasteiger partial charge in [-0.2, -0.15) is 0 Å². The first-order chi connectivity index (χ1) is 27.9. The number of esters is 1. The molecule has 0 aliphatic carbocycles. The molecule has 1 heterocycles. The number of rotatable bonds is 23. The van der Waals surface area contributed by atoms with Crippen molar-refractivity contribution in [2.45, 2.75) is 158 Å². The van der Waals surface area contributed by atoms with E-state index in [0.29, 0.717) is 37.3 Å². The third-order valence-electron chi connectivity index (χ3n) is 9.16. The number of carbonyl (C=O) groups is 6. The van der Waals surface area contributed by atoms with Gasteiger partial charge in [0.05, 0.1) is 11.0 Å². The zero-order chi connectivity index (χ0) is 45.5. The van der Waals surface area contributed by atoms with Gasteiger partial charge >= 0.3 is 5.97 Å². The van der Waals surface area contributed by atoms with Gasteiger partial charge in [-0.1, -0.05) is 112 Å². The second kappa shape index (κ2) is 33.6. The topological polar surface area (TPSA) is 184 Å². The molecule has 0 saturated heterocycles. The van der Waals surface area contributed by atoms with Gasteiger partial charge in [-0.25, -0.2) is 4.98 Å². The molecule has 336 valence electrons.